The molecule has 0 aliphatic rings. The fraction of sp³-hybridized carbons (Fsp3) is 0.263. The van der Waals surface area contributed by atoms with Crippen molar-refractivity contribution in [2.24, 2.45) is 0 Å². The number of esters is 1. The molecule has 0 bridgehead atoms. The standard InChI is InChI=1S/C19H21NO4/c1-3-13(2)16-9-4-5-10-17(16)20-18(22)12-24-19(23)14-7-6-8-15(21)11-14/h4-11,13,21H,3,12H2,1-2H3,(H,20,22). The summed E-state index contributed by atoms with van der Waals surface area (Å²) in [7, 11) is 0. The highest BCUT2D eigenvalue weighted by molar-refractivity contribution is 5.96. The van der Waals surface area contributed by atoms with E-state index in [1.165, 1.54) is 24.3 Å². The lowest BCUT2D eigenvalue weighted by Crippen LogP contribution is -2.21. The van der Waals surface area contributed by atoms with Gasteiger partial charge in [-0.15, -0.1) is 0 Å². The topological polar surface area (TPSA) is 75.6 Å². The van der Waals surface area contributed by atoms with Crippen LogP contribution >= 0.6 is 0 Å². The summed E-state index contributed by atoms with van der Waals surface area (Å²) < 4.78 is 4.98. The lowest BCUT2D eigenvalue weighted by molar-refractivity contribution is -0.119. The largest absolute Gasteiger partial charge is 0.508 e. The number of phenols is 1. The molecule has 2 rings (SSSR count). The van der Waals surface area contributed by atoms with Crippen molar-refractivity contribution in [3.63, 3.8) is 0 Å². The zero-order valence-corrected chi connectivity index (χ0v) is 13.8. The van der Waals surface area contributed by atoms with Gasteiger partial charge in [0, 0.05) is 5.69 Å². The van der Waals surface area contributed by atoms with Crippen LogP contribution in [0.25, 0.3) is 0 Å². The van der Waals surface area contributed by atoms with Gasteiger partial charge >= 0.3 is 5.97 Å². The van der Waals surface area contributed by atoms with Gasteiger partial charge in [0.05, 0.1) is 5.56 Å². The summed E-state index contributed by atoms with van der Waals surface area (Å²) in [5.41, 5.74) is 1.97. The van der Waals surface area contributed by atoms with Gasteiger partial charge < -0.3 is 15.2 Å². The number of amides is 1. The molecule has 1 amide bonds. The molecular weight excluding hydrogens is 306 g/mol. The van der Waals surface area contributed by atoms with Crippen LogP contribution in [0, 0.1) is 0 Å². The number of para-hydroxylation sites is 1. The fourth-order valence-corrected chi connectivity index (χ4v) is 2.29. The Morgan fingerprint density at radius 3 is 2.62 bits per heavy atom. The maximum absolute atomic E-state index is 12.0. The Balaban J connectivity index is 1.96. The van der Waals surface area contributed by atoms with Gasteiger partial charge in [-0.1, -0.05) is 38.1 Å². The van der Waals surface area contributed by atoms with E-state index in [1.54, 1.807) is 0 Å². The minimum absolute atomic E-state index is 0.0311. The molecule has 2 aromatic carbocycles. The van der Waals surface area contributed by atoms with Crippen LogP contribution in [0.1, 0.15) is 42.1 Å². The molecule has 126 valence electrons. The van der Waals surface area contributed by atoms with Gasteiger partial charge in [0.2, 0.25) is 0 Å². The van der Waals surface area contributed by atoms with Crippen LogP contribution in [0.4, 0.5) is 5.69 Å². The summed E-state index contributed by atoms with van der Waals surface area (Å²) in [5, 5.41) is 12.1. The Hall–Kier alpha value is -2.82. The molecule has 0 aliphatic carbocycles. The van der Waals surface area contributed by atoms with Gasteiger partial charge in [-0.25, -0.2) is 4.79 Å². The molecule has 0 fully saturated rings. The molecule has 0 spiro atoms. The molecule has 2 N–H and O–H groups in total. The molecule has 1 atom stereocenters. The Morgan fingerprint density at radius 1 is 1.17 bits per heavy atom. The van der Waals surface area contributed by atoms with Gasteiger partial charge in [0.15, 0.2) is 6.61 Å². The molecular formula is C19H21NO4. The third-order valence-corrected chi connectivity index (χ3v) is 3.79. The first-order valence-corrected chi connectivity index (χ1v) is 7.86. The van der Waals surface area contributed by atoms with Gasteiger partial charge in [0.1, 0.15) is 5.75 Å². The van der Waals surface area contributed by atoms with Crippen molar-refractivity contribution in [1.82, 2.24) is 0 Å². The summed E-state index contributed by atoms with van der Waals surface area (Å²) >= 11 is 0. The van der Waals surface area contributed by atoms with Crippen LogP contribution in [-0.4, -0.2) is 23.6 Å². The number of phenolic OH excluding ortho intramolecular Hbond substituents is 1. The normalized spacial score (nSPS) is 11.6. The molecule has 2 aromatic rings. The zero-order valence-electron chi connectivity index (χ0n) is 13.8. The van der Waals surface area contributed by atoms with Crippen molar-refractivity contribution in [1.29, 1.82) is 0 Å². The Bertz CT molecular complexity index is 727. The van der Waals surface area contributed by atoms with E-state index in [9.17, 15) is 14.7 Å². The van der Waals surface area contributed by atoms with Gasteiger partial charge in [-0.05, 0) is 42.2 Å². The van der Waals surface area contributed by atoms with E-state index in [1.807, 2.05) is 24.3 Å². The number of anilines is 1. The second-order valence-corrected chi connectivity index (χ2v) is 5.57. The van der Waals surface area contributed by atoms with E-state index in [-0.39, 0.29) is 17.9 Å². The van der Waals surface area contributed by atoms with Crippen LogP contribution in [0.15, 0.2) is 48.5 Å². The molecule has 0 radical (unpaired) electrons. The molecule has 0 aromatic heterocycles. The monoisotopic (exact) mass is 327 g/mol. The second-order valence-electron chi connectivity index (χ2n) is 5.57. The Morgan fingerprint density at radius 2 is 1.92 bits per heavy atom. The van der Waals surface area contributed by atoms with E-state index in [4.69, 9.17) is 4.74 Å². The molecule has 0 saturated carbocycles. The molecule has 1 unspecified atom stereocenters. The highest BCUT2D eigenvalue weighted by atomic mass is 16.5. The fourth-order valence-electron chi connectivity index (χ4n) is 2.29. The lowest BCUT2D eigenvalue weighted by atomic mass is 9.97. The first kappa shape index (κ1) is 17.5. The lowest BCUT2D eigenvalue weighted by Gasteiger charge is -2.15. The predicted molar refractivity (Wildman–Crippen MR) is 92.2 cm³/mol. The summed E-state index contributed by atoms with van der Waals surface area (Å²) in [6, 6.07) is 13.4. The molecule has 0 heterocycles. The predicted octanol–water partition coefficient (Wildman–Crippen LogP) is 3.70. The van der Waals surface area contributed by atoms with Crippen molar-refractivity contribution in [2.45, 2.75) is 26.2 Å². The molecule has 5 heteroatoms. The Labute approximate surface area is 141 Å². The van der Waals surface area contributed by atoms with Crippen molar-refractivity contribution in [3.8, 4) is 5.75 Å². The number of nitrogens with one attached hydrogen (secondary N) is 1. The second kappa shape index (κ2) is 8.15. The molecule has 5 nitrogen and oxygen atoms in total. The summed E-state index contributed by atoms with van der Waals surface area (Å²) in [4.78, 5) is 23.9. The third-order valence-electron chi connectivity index (χ3n) is 3.79. The van der Waals surface area contributed by atoms with Crippen molar-refractivity contribution in [2.75, 3.05) is 11.9 Å². The first-order chi connectivity index (χ1) is 11.5. The number of benzene rings is 2. The van der Waals surface area contributed by atoms with E-state index >= 15 is 0 Å². The van der Waals surface area contributed by atoms with Gasteiger partial charge in [-0.3, -0.25) is 4.79 Å². The minimum Gasteiger partial charge on any atom is -0.508 e. The summed E-state index contributed by atoms with van der Waals surface area (Å²) in [5.74, 6) is -0.775. The third kappa shape index (κ3) is 4.59. The molecule has 24 heavy (non-hydrogen) atoms. The number of aromatic hydroxyl groups is 1. The van der Waals surface area contributed by atoms with Crippen LogP contribution < -0.4 is 5.32 Å². The highest BCUT2D eigenvalue weighted by Gasteiger charge is 2.13. The SMILES string of the molecule is CCC(C)c1ccccc1NC(=O)COC(=O)c1cccc(O)c1. The van der Waals surface area contributed by atoms with Crippen LogP contribution in [-0.2, 0) is 9.53 Å². The summed E-state index contributed by atoms with van der Waals surface area (Å²) in [6.45, 7) is 3.79. The smallest absolute Gasteiger partial charge is 0.338 e. The van der Waals surface area contributed by atoms with Gasteiger partial charge in [0.25, 0.3) is 5.91 Å². The maximum atomic E-state index is 12.0. The number of rotatable bonds is 6. The van der Waals surface area contributed by atoms with E-state index in [0.717, 1.165) is 17.7 Å². The highest BCUT2D eigenvalue weighted by Crippen LogP contribution is 2.26. The minimum atomic E-state index is -0.656. The maximum Gasteiger partial charge on any atom is 0.338 e. The number of carbonyl (C=O) groups excluding carboxylic acids is 2. The van der Waals surface area contributed by atoms with E-state index in [2.05, 4.69) is 19.2 Å². The summed E-state index contributed by atoms with van der Waals surface area (Å²) in [6.07, 6.45) is 0.958. The van der Waals surface area contributed by atoms with E-state index < -0.39 is 11.9 Å². The van der Waals surface area contributed by atoms with Gasteiger partial charge in [-0.2, -0.15) is 0 Å². The molecule has 0 saturated heterocycles. The van der Waals surface area contributed by atoms with Crippen molar-refractivity contribution in [3.05, 3.63) is 59.7 Å². The number of carbonyl (C=O) groups is 2. The quantitative estimate of drug-likeness (QED) is 0.793. The molecule has 0 aliphatic heterocycles. The van der Waals surface area contributed by atoms with Crippen LogP contribution in [0.5, 0.6) is 5.75 Å². The zero-order chi connectivity index (χ0) is 17.5. The van der Waals surface area contributed by atoms with E-state index in [0.29, 0.717) is 5.92 Å². The number of hydrogen-bond donors (Lipinski definition) is 2. The average Bonchev–Trinajstić information content (AvgIpc) is 2.59. The average molecular weight is 327 g/mol. The first-order valence-electron chi connectivity index (χ1n) is 7.86. The van der Waals surface area contributed by atoms with Crippen LogP contribution in [0.3, 0.4) is 0 Å². The Kier molecular flexibility index (Phi) is 5.95. The van der Waals surface area contributed by atoms with Crippen LogP contribution in [0.2, 0.25) is 0 Å². The van der Waals surface area contributed by atoms with Crippen molar-refractivity contribution < 1.29 is 19.4 Å². The van der Waals surface area contributed by atoms with Crippen molar-refractivity contribution >= 4 is 17.6 Å². The number of hydrogen-bond acceptors (Lipinski definition) is 4. The number of ether oxygens (including phenoxy) is 1.